The number of carbonyl (C=O) groups excluding carboxylic acids is 1. The van der Waals surface area contributed by atoms with Gasteiger partial charge in [0, 0.05) is 44.3 Å². The molecular formula is C24H31N3O. The molecule has 1 saturated heterocycles. The van der Waals surface area contributed by atoms with Gasteiger partial charge in [0.05, 0.1) is 0 Å². The number of hydrogen-bond acceptors (Lipinski definition) is 3. The SMILES string of the molecule is Nc1cccc(-c2ccc(CN3CCN(C(=O)C4CCCCC4)CC3)cc2)c1. The highest BCUT2D eigenvalue weighted by Crippen LogP contribution is 2.26. The molecule has 28 heavy (non-hydrogen) atoms. The molecule has 2 aromatic rings. The second-order valence-electron chi connectivity index (χ2n) is 8.26. The molecule has 0 aromatic heterocycles. The molecule has 1 heterocycles. The summed E-state index contributed by atoms with van der Waals surface area (Å²) in [7, 11) is 0. The number of nitrogens with two attached hydrogens (primary N) is 1. The standard InChI is InChI=1S/C24H31N3O/c25-23-8-4-7-22(17-23)20-11-9-19(10-12-20)18-26-13-15-27(16-14-26)24(28)21-5-2-1-3-6-21/h4,7-12,17,21H,1-3,5-6,13-16,18,25H2. The number of nitrogen functional groups attached to an aromatic ring is 1. The van der Waals surface area contributed by atoms with Crippen molar-refractivity contribution in [2.24, 2.45) is 5.92 Å². The Balaban J connectivity index is 1.29. The first-order chi connectivity index (χ1) is 13.7. The highest BCUT2D eigenvalue weighted by atomic mass is 16.2. The van der Waals surface area contributed by atoms with Crippen LogP contribution in [0.1, 0.15) is 37.7 Å². The van der Waals surface area contributed by atoms with Gasteiger partial charge in [0.1, 0.15) is 0 Å². The molecule has 1 saturated carbocycles. The molecule has 148 valence electrons. The Hall–Kier alpha value is -2.33. The molecule has 4 nitrogen and oxygen atoms in total. The Morgan fingerprint density at radius 2 is 1.61 bits per heavy atom. The van der Waals surface area contributed by atoms with E-state index in [-0.39, 0.29) is 0 Å². The number of benzene rings is 2. The van der Waals surface area contributed by atoms with E-state index in [2.05, 4.69) is 40.1 Å². The molecule has 0 bridgehead atoms. The zero-order valence-corrected chi connectivity index (χ0v) is 16.6. The first-order valence-electron chi connectivity index (χ1n) is 10.6. The predicted molar refractivity (Wildman–Crippen MR) is 115 cm³/mol. The van der Waals surface area contributed by atoms with Crippen LogP contribution < -0.4 is 5.73 Å². The van der Waals surface area contributed by atoms with Crippen molar-refractivity contribution < 1.29 is 4.79 Å². The number of anilines is 1. The average Bonchev–Trinajstić information content (AvgIpc) is 2.75. The zero-order valence-electron chi connectivity index (χ0n) is 16.6. The molecule has 4 heteroatoms. The molecule has 2 aliphatic rings. The van der Waals surface area contributed by atoms with Gasteiger partial charge in [-0.15, -0.1) is 0 Å². The molecule has 2 N–H and O–H groups in total. The number of piperazine rings is 1. The molecule has 2 aromatic carbocycles. The Morgan fingerprint density at radius 1 is 0.893 bits per heavy atom. The van der Waals surface area contributed by atoms with Crippen LogP contribution in [0.4, 0.5) is 5.69 Å². The third kappa shape index (κ3) is 4.56. The van der Waals surface area contributed by atoms with Gasteiger partial charge >= 0.3 is 0 Å². The minimum absolute atomic E-state index is 0.292. The van der Waals surface area contributed by atoms with Crippen LogP contribution in [0.25, 0.3) is 11.1 Å². The average molecular weight is 378 g/mol. The maximum absolute atomic E-state index is 12.7. The van der Waals surface area contributed by atoms with E-state index in [9.17, 15) is 4.79 Å². The van der Waals surface area contributed by atoms with Gasteiger partial charge in [-0.2, -0.15) is 0 Å². The Morgan fingerprint density at radius 3 is 2.29 bits per heavy atom. The van der Waals surface area contributed by atoms with Gasteiger partial charge in [-0.1, -0.05) is 55.7 Å². The molecule has 2 fully saturated rings. The van der Waals surface area contributed by atoms with Crippen molar-refractivity contribution in [3.05, 3.63) is 54.1 Å². The van der Waals surface area contributed by atoms with Crippen LogP contribution in [-0.2, 0) is 11.3 Å². The van der Waals surface area contributed by atoms with Crippen molar-refractivity contribution in [3.8, 4) is 11.1 Å². The molecule has 0 radical (unpaired) electrons. The van der Waals surface area contributed by atoms with E-state index in [0.29, 0.717) is 11.8 Å². The highest BCUT2D eigenvalue weighted by molar-refractivity contribution is 5.79. The van der Waals surface area contributed by atoms with E-state index < -0.39 is 0 Å². The maximum Gasteiger partial charge on any atom is 0.225 e. The topological polar surface area (TPSA) is 49.6 Å². The third-order valence-corrected chi connectivity index (χ3v) is 6.22. The monoisotopic (exact) mass is 377 g/mol. The van der Waals surface area contributed by atoms with Crippen molar-refractivity contribution in [3.63, 3.8) is 0 Å². The lowest BCUT2D eigenvalue weighted by molar-refractivity contribution is -0.138. The van der Waals surface area contributed by atoms with Gasteiger partial charge in [-0.3, -0.25) is 9.69 Å². The largest absolute Gasteiger partial charge is 0.399 e. The normalized spacial score (nSPS) is 18.9. The number of nitrogens with zero attached hydrogens (tertiary/aromatic N) is 2. The summed E-state index contributed by atoms with van der Waals surface area (Å²) in [5, 5.41) is 0. The minimum atomic E-state index is 0.292. The maximum atomic E-state index is 12.7. The quantitative estimate of drug-likeness (QED) is 0.814. The number of amides is 1. The zero-order chi connectivity index (χ0) is 19.3. The number of hydrogen-bond donors (Lipinski definition) is 1. The summed E-state index contributed by atoms with van der Waals surface area (Å²) in [6, 6.07) is 16.8. The summed E-state index contributed by atoms with van der Waals surface area (Å²) in [4.78, 5) is 17.3. The molecule has 0 atom stereocenters. The first kappa shape index (κ1) is 19.0. The summed E-state index contributed by atoms with van der Waals surface area (Å²) in [6.45, 7) is 4.63. The predicted octanol–water partition coefficient (Wildman–Crippen LogP) is 4.16. The number of rotatable bonds is 4. The number of carbonyl (C=O) groups is 1. The van der Waals surface area contributed by atoms with E-state index in [4.69, 9.17) is 5.73 Å². The lowest BCUT2D eigenvalue weighted by Crippen LogP contribution is -2.50. The fourth-order valence-electron chi connectivity index (χ4n) is 4.51. The first-order valence-corrected chi connectivity index (χ1v) is 10.6. The molecule has 0 unspecified atom stereocenters. The van der Waals surface area contributed by atoms with Crippen LogP contribution in [0.2, 0.25) is 0 Å². The van der Waals surface area contributed by atoms with E-state index in [1.165, 1.54) is 30.4 Å². The van der Waals surface area contributed by atoms with Gasteiger partial charge in [-0.25, -0.2) is 0 Å². The van der Waals surface area contributed by atoms with Crippen LogP contribution in [0.15, 0.2) is 48.5 Å². The molecule has 1 aliphatic heterocycles. The second-order valence-corrected chi connectivity index (χ2v) is 8.26. The van der Waals surface area contributed by atoms with E-state index >= 15 is 0 Å². The minimum Gasteiger partial charge on any atom is -0.399 e. The van der Waals surface area contributed by atoms with E-state index in [0.717, 1.165) is 56.8 Å². The van der Waals surface area contributed by atoms with E-state index in [1.54, 1.807) is 0 Å². The van der Waals surface area contributed by atoms with Gasteiger partial charge in [0.2, 0.25) is 5.91 Å². The molecule has 1 aliphatic carbocycles. The van der Waals surface area contributed by atoms with E-state index in [1.807, 2.05) is 18.2 Å². The summed E-state index contributed by atoms with van der Waals surface area (Å²) in [6.07, 6.45) is 5.94. The smallest absolute Gasteiger partial charge is 0.225 e. The van der Waals surface area contributed by atoms with Crippen LogP contribution in [-0.4, -0.2) is 41.9 Å². The van der Waals surface area contributed by atoms with Gasteiger partial charge in [0.25, 0.3) is 0 Å². The third-order valence-electron chi connectivity index (χ3n) is 6.22. The fourth-order valence-corrected chi connectivity index (χ4v) is 4.51. The van der Waals surface area contributed by atoms with Crippen LogP contribution >= 0.6 is 0 Å². The highest BCUT2D eigenvalue weighted by Gasteiger charge is 2.28. The molecular weight excluding hydrogens is 346 g/mol. The van der Waals surface area contributed by atoms with Crippen LogP contribution in [0.5, 0.6) is 0 Å². The Bertz CT molecular complexity index is 788. The summed E-state index contributed by atoms with van der Waals surface area (Å²) >= 11 is 0. The summed E-state index contributed by atoms with van der Waals surface area (Å²) in [5.41, 5.74) is 10.4. The van der Waals surface area contributed by atoms with Gasteiger partial charge in [-0.05, 0) is 41.7 Å². The molecule has 4 rings (SSSR count). The van der Waals surface area contributed by atoms with Crippen molar-refractivity contribution in [2.75, 3.05) is 31.9 Å². The Kier molecular flexibility index (Phi) is 5.96. The van der Waals surface area contributed by atoms with Gasteiger partial charge in [0.15, 0.2) is 0 Å². The van der Waals surface area contributed by atoms with Crippen molar-refractivity contribution in [1.29, 1.82) is 0 Å². The summed E-state index contributed by atoms with van der Waals surface area (Å²) in [5.74, 6) is 0.700. The Labute approximate surface area is 168 Å². The second kappa shape index (κ2) is 8.78. The van der Waals surface area contributed by atoms with Crippen molar-refractivity contribution in [2.45, 2.75) is 38.6 Å². The van der Waals surface area contributed by atoms with Crippen LogP contribution in [0, 0.1) is 5.92 Å². The van der Waals surface area contributed by atoms with Crippen molar-refractivity contribution >= 4 is 11.6 Å². The van der Waals surface area contributed by atoms with Gasteiger partial charge < -0.3 is 10.6 Å². The lowest BCUT2D eigenvalue weighted by atomic mass is 9.88. The molecule has 0 spiro atoms. The molecule has 1 amide bonds. The summed E-state index contributed by atoms with van der Waals surface area (Å²) < 4.78 is 0. The van der Waals surface area contributed by atoms with Crippen LogP contribution in [0.3, 0.4) is 0 Å². The fraction of sp³-hybridized carbons (Fsp3) is 0.458. The van der Waals surface area contributed by atoms with Crippen molar-refractivity contribution in [1.82, 2.24) is 9.80 Å². The lowest BCUT2D eigenvalue weighted by Gasteiger charge is -2.37.